The quantitative estimate of drug-likeness (QED) is 0.328. The normalized spacial score (nSPS) is 14.1. The first-order chi connectivity index (χ1) is 18.9. The largest absolute Gasteiger partial charge is 0.457 e. The number of carbonyl (C=O) groups excluding carboxylic acids is 1. The summed E-state index contributed by atoms with van der Waals surface area (Å²) < 4.78 is 33.5. The molecule has 0 atom stereocenters. The summed E-state index contributed by atoms with van der Waals surface area (Å²) in [5, 5.41) is 0. The van der Waals surface area contributed by atoms with Gasteiger partial charge in [-0.25, -0.2) is 23.1 Å². The summed E-state index contributed by atoms with van der Waals surface area (Å²) in [5.74, 6) is 1.51. The Labute approximate surface area is 228 Å². The lowest BCUT2D eigenvalue weighted by atomic mass is 9.90. The Kier molecular flexibility index (Phi) is 7.88. The highest BCUT2D eigenvalue weighted by molar-refractivity contribution is 7.90. The summed E-state index contributed by atoms with van der Waals surface area (Å²) in [4.78, 5) is 23.8. The maximum Gasteiger partial charge on any atom is 0.268 e. The van der Waals surface area contributed by atoms with Gasteiger partial charge in [-0.05, 0) is 74.1 Å². The van der Waals surface area contributed by atoms with E-state index in [1.54, 1.807) is 19.1 Å². The fourth-order valence-electron chi connectivity index (χ4n) is 4.66. The zero-order chi connectivity index (χ0) is 27.2. The summed E-state index contributed by atoms with van der Waals surface area (Å²) in [7, 11) is -4.10. The molecule has 1 N–H and O–H groups in total. The third kappa shape index (κ3) is 6.61. The first kappa shape index (κ1) is 26.4. The number of nitrogens with one attached hydrogen (secondary N) is 1. The molecule has 9 heteroatoms. The molecule has 0 aliphatic carbocycles. The SMILES string of the molecule is Cc1nc(N2CCC(Cc3ccccc3)CC2)ncc1C(=O)NS(=O)(=O)c1ccc(Oc2ccccc2)cc1. The number of amides is 1. The van der Waals surface area contributed by atoms with E-state index >= 15 is 0 Å². The lowest BCUT2D eigenvalue weighted by Crippen LogP contribution is -2.36. The minimum Gasteiger partial charge on any atom is -0.457 e. The molecule has 8 nitrogen and oxygen atoms in total. The molecular formula is C30H30N4O4S. The number of aromatic nitrogens is 2. The number of hydrogen-bond acceptors (Lipinski definition) is 7. The molecule has 200 valence electrons. The van der Waals surface area contributed by atoms with E-state index in [0.717, 1.165) is 32.4 Å². The van der Waals surface area contributed by atoms with Crippen LogP contribution in [0.5, 0.6) is 11.5 Å². The van der Waals surface area contributed by atoms with Gasteiger partial charge in [0.2, 0.25) is 5.95 Å². The molecule has 1 fully saturated rings. The van der Waals surface area contributed by atoms with E-state index in [4.69, 9.17) is 4.74 Å². The Balaban J connectivity index is 1.19. The monoisotopic (exact) mass is 542 g/mol. The molecule has 0 spiro atoms. The van der Waals surface area contributed by atoms with Gasteiger partial charge in [-0.3, -0.25) is 4.79 Å². The number of ether oxygens (including phenoxy) is 1. The van der Waals surface area contributed by atoms with Gasteiger partial charge in [0.05, 0.1) is 16.2 Å². The standard InChI is InChI=1S/C30H30N4O4S/c1-22-28(21-31-30(32-22)34-18-16-24(17-19-34)20-23-8-4-2-5-9-23)29(35)33-39(36,37)27-14-12-26(13-15-27)38-25-10-6-3-7-11-25/h2-15,21,24H,16-20H2,1H3,(H,33,35). The molecule has 1 saturated heterocycles. The molecule has 5 rings (SSSR count). The summed E-state index contributed by atoms with van der Waals surface area (Å²) in [6.07, 6.45) is 4.53. The van der Waals surface area contributed by atoms with Crippen LogP contribution in [0.25, 0.3) is 0 Å². The van der Waals surface area contributed by atoms with Crippen LogP contribution in [0.3, 0.4) is 0 Å². The molecule has 1 amide bonds. The second-order valence-electron chi connectivity index (χ2n) is 9.61. The Morgan fingerprint density at radius 3 is 2.18 bits per heavy atom. The van der Waals surface area contributed by atoms with Crippen molar-refractivity contribution in [2.24, 2.45) is 5.92 Å². The molecule has 39 heavy (non-hydrogen) atoms. The van der Waals surface area contributed by atoms with Crippen LogP contribution in [0.2, 0.25) is 0 Å². The molecule has 0 radical (unpaired) electrons. The number of rotatable bonds is 8. The molecule has 0 unspecified atom stereocenters. The number of hydrogen-bond donors (Lipinski definition) is 1. The Morgan fingerprint density at radius 2 is 1.54 bits per heavy atom. The van der Waals surface area contributed by atoms with Crippen LogP contribution in [0, 0.1) is 12.8 Å². The Morgan fingerprint density at radius 1 is 0.923 bits per heavy atom. The van der Waals surface area contributed by atoms with Crippen molar-refractivity contribution in [3.63, 3.8) is 0 Å². The van der Waals surface area contributed by atoms with E-state index in [1.165, 1.54) is 36.0 Å². The maximum atomic E-state index is 12.9. The highest BCUT2D eigenvalue weighted by atomic mass is 32.2. The molecular weight excluding hydrogens is 512 g/mol. The Hall–Kier alpha value is -4.24. The van der Waals surface area contributed by atoms with Crippen LogP contribution in [0.15, 0.2) is 96.0 Å². The van der Waals surface area contributed by atoms with Gasteiger partial charge >= 0.3 is 0 Å². The van der Waals surface area contributed by atoms with E-state index in [0.29, 0.717) is 29.1 Å². The fourth-order valence-corrected chi connectivity index (χ4v) is 5.63. The van der Waals surface area contributed by atoms with Gasteiger partial charge in [-0.1, -0.05) is 48.5 Å². The zero-order valence-electron chi connectivity index (χ0n) is 21.7. The van der Waals surface area contributed by atoms with Crippen molar-refractivity contribution in [1.29, 1.82) is 0 Å². The van der Waals surface area contributed by atoms with Gasteiger partial charge in [-0.15, -0.1) is 0 Å². The predicted octanol–water partition coefficient (Wildman–Crippen LogP) is 5.16. The van der Waals surface area contributed by atoms with Gasteiger partial charge in [0, 0.05) is 19.3 Å². The number of carbonyl (C=O) groups is 1. The fraction of sp³-hybridized carbons (Fsp3) is 0.233. The third-order valence-corrected chi connectivity index (χ3v) is 8.16. The first-order valence-corrected chi connectivity index (χ1v) is 14.4. The van der Waals surface area contributed by atoms with Crippen molar-refractivity contribution in [2.75, 3.05) is 18.0 Å². The van der Waals surface area contributed by atoms with Crippen LogP contribution in [-0.4, -0.2) is 37.4 Å². The van der Waals surface area contributed by atoms with Gasteiger partial charge in [0.15, 0.2) is 0 Å². The number of benzene rings is 3. The predicted molar refractivity (Wildman–Crippen MR) is 149 cm³/mol. The maximum absolute atomic E-state index is 12.9. The van der Waals surface area contributed by atoms with E-state index in [-0.39, 0.29) is 10.5 Å². The van der Waals surface area contributed by atoms with Crippen LogP contribution >= 0.6 is 0 Å². The second kappa shape index (κ2) is 11.7. The number of anilines is 1. The van der Waals surface area contributed by atoms with E-state index in [9.17, 15) is 13.2 Å². The van der Waals surface area contributed by atoms with E-state index in [2.05, 4.69) is 43.9 Å². The van der Waals surface area contributed by atoms with Crippen LogP contribution in [-0.2, 0) is 16.4 Å². The highest BCUT2D eigenvalue weighted by Gasteiger charge is 2.24. The molecule has 4 aromatic rings. The topological polar surface area (TPSA) is 101 Å². The van der Waals surface area contributed by atoms with Crippen molar-refractivity contribution in [3.8, 4) is 11.5 Å². The molecule has 1 aliphatic heterocycles. The number of piperidine rings is 1. The number of nitrogens with zero attached hydrogens (tertiary/aromatic N) is 3. The van der Waals surface area contributed by atoms with Gasteiger partial charge in [-0.2, -0.15) is 0 Å². The van der Waals surface area contributed by atoms with Crippen molar-refractivity contribution >= 4 is 21.9 Å². The van der Waals surface area contributed by atoms with Crippen molar-refractivity contribution in [2.45, 2.75) is 31.1 Å². The molecule has 1 aromatic heterocycles. The van der Waals surface area contributed by atoms with Crippen molar-refractivity contribution in [1.82, 2.24) is 14.7 Å². The summed E-state index contributed by atoms with van der Waals surface area (Å²) in [6.45, 7) is 3.35. The molecule has 0 saturated carbocycles. The molecule has 0 bridgehead atoms. The molecule has 1 aliphatic rings. The molecule has 3 aromatic carbocycles. The van der Waals surface area contributed by atoms with Crippen molar-refractivity contribution in [3.05, 3.63) is 108 Å². The lowest BCUT2D eigenvalue weighted by molar-refractivity contribution is 0.0980. The summed E-state index contributed by atoms with van der Waals surface area (Å²) in [5.41, 5.74) is 1.89. The van der Waals surface area contributed by atoms with Crippen LogP contribution in [0.4, 0.5) is 5.95 Å². The lowest BCUT2D eigenvalue weighted by Gasteiger charge is -2.32. The van der Waals surface area contributed by atoms with E-state index in [1.807, 2.05) is 24.3 Å². The first-order valence-electron chi connectivity index (χ1n) is 12.9. The average molecular weight is 543 g/mol. The summed E-state index contributed by atoms with van der Waals surface area (Å²) in [6, 6.07) is 25.5. The Bertz CT molecular complexity index is 1520. The highest BCUT2D eigenvalue weighted by Crippen LogP contribution is 2.25. The smallest absolute Gasteiger partial charge is 0.268 e. The minimum absolute atomic E-state index is 0.0511. The average Bonchev–Trinajstić information content (AvgIpc) is 2.94. The van der Waals surface area contributed by atoms with Gasteiger partial charge in [0.1, 0.15) is 11.5 Å². The van der Waals surface area contributed by atoms with E-state index < -0.39 is 15.9 Å². The second-order valence-corrected chi connectivity index (χ2v) is 11.3. The van der Waals surface area contributed by atoms with Crippen molar-refractivity contribution < 1.29 is 17.9 Å². The summed E-state index contributed by atoms with van der Waals surface area (Å²) >= 11 is 0. The number of aryl methyl sites for hydroxylation is 1. The van der Waals surface area contributed by atoms with Crippen LogP contribution < -0.4 is 14.4 Å². The number of sulfonamides is 1. The van der Waals surface area contributed by atoms with Gasteiger partial charge in [0.25, 0.3) is 15.9 Å². The minimum atomic E-state index is -4.10. The zero-order valence-corrected chi connectivity index (χ0v) is 22.5. The molecule has 2 heterocycles. The van der Waals surface area contributed by atoms with Crippen LogP contribution in [0.1, 0.15) is 34.5 Å². The third-order valence-electron chi connectivity index (χ3n) is 6.82. The van der Waals surface area contributed by atoms with Gasteiger partial charge < -0.3 is 9.64 Å². The number of para-hydroxylation sites is 1.